The molecular weight excluding hydrogens is 308 g/mol. The fourth-order valence-electron chi connectivity index (χ4n) is 2.39. The highest BCUT2D eigenvalue weighted by Gasteiger charge is 2.23. The second-order valence-corrected chi connectivity index (χ2v) is 6.17. The van der Waals surface area contributed by atoms with E-state index in [9.17, 15) is 9.90 Å². The van der Waals surface area contributed by atoms with Crippen molar-refractivity contribution in [2.75, 3.05) is 7.11 Å². The van der Waals surface area contributed by atoms with Crippen LogP contribution in [0.1, 0.15) is 21.6 Å². The summed E-state index contributed by atoms with van der Waals surface area (Å²) in [5.74, 6) is -0.308. The van der Waals surface area contributed by atoms with Crippen LogP contribution >= 0.6 is 22.9 Å². The quantitative estimate of drug-likeness (QED) is 0.836. The molecule has 3 rings (SSSR count). The van der Waals surface area contributed by atoms with Gasteiger partial charge < -0.3 is 9.84 Å². The fourth-order valence-corrected chi connectivity index (χ4v) is 3.63. The van der Waals surface area contributed by atoms with Crippen LogP contribution in [0.15, 0.2) is 36.4 Å². The summed E-state index contributed by atoms with van der Waals surface area (Å²) in [4.78, 5) is 12.0. The molecule has 0 unspecified atom stereocenters. The van der Waals surface area contributed by atoms with Gasteiger partial charge in [-0.25, -0.2) is 4.79 Å². The summed E-state index contributed by atoms with van der Waals surface area (Å²) in [6, 6.07) is 9.41. The van der Waals surface area contributed by atoms with Gasteiger partial charge in [-0.1, -0.05) is 35.9 Å². The van der Waals surface area contributed by atoms with E-state index in [2.05, 4.69) is 0 Å². The van der Waals surface area contributed by atoms with Crippen molar-refractivity contribution >= 4 is 46.3 Å². The molecule has 0 saturated carbocycles. The Morgan fingerprint density at radius 3 is 2.81 bits per heavy atom. The maximum absolute atomic E-state index is 11.2. The van der Waals surface area contributed by atoms with Crippen LogP contribution in [0.2, 0.25) is 4.34 Å². The van der Waals surface area contributed by atoms with E-state index in [0.717, 1.165) is 21.6 Å². The zero-order chi connectivity index (χ0) is 15.0. The molecule has 0 radical (unpaired) electrons. The van der Waals surface area contributed by atoms with Gasteiger partial charge in [0.1, 0.15) is 5.76 Å². The predicted octanol–water partition coefficient (Wildman–Crippen LogP) is 4.38. The third-order valence-corrected chi connectivity index (χ3v) is 4.52. The Hall–Kier alpha value is -2.04. The Balaban J connectivity index is 2.37. The van der Waals surface area contributed by atoms with Crippen LogP contribution in [-0.4, -0.2) is 18.2 Å². The molecule has 1 aromatic heterocycles. The number of benzene rings is 1. The van der Waals surface area contributed by atoms with Crippen LogP contribution in [0, 0.1) is 0 Å². The van der Waals surface area contributed by atoms with Gasteiger partial charge in [-0.05, 0) is 28.8 Å². The van der Waals surface area contributed by atoms with Gasteiger partial charge in [0.05, 0.1) is 16.3 Å². The minimum Gasteiger partial charge on any atom is -0.495 e. The molecule has 5 heteroatoms. The van der Waals surface area contributed by atoms with Crippen LogP contribution in [0.3, 0.4) is 0 Å². The SMILES string of the molecule is COC1=Cc2ccccc2/C(=C/C(=O)O)c2cc(Cl)sc21. The number of aliphatic carboxylic acids is 1. The second kappa shape index (κ2) is 5.39. The summed E-state index contributed by atoms with van der Waals surface area (Å²) in [6.07, 6.45) is 3.12. The maximum atomic E-state index is 11.2. The highest BCUT2D eigenvalue weighted by molar-refractivity contribution is 7.17. The summed E-state index contributed by atoms with van der Waals surface area (Å²) < 4.78 is 6.06. The first-order valence-electron chi connectivity index (χ1n) is 6.20. The molecule has 2 aromatic rings. The van der Waals surface area contributed by atoms with Gasteiger partial charge in [0.15, 0.2) is 0 Å². The Kier molecular flexibility index (Phi) is 3.57. The zero-order valence-electron chi connectivity index (χ0n) is 11.1. The van der Waals surface area contributed by atoms with Gasteiger partial charge in [0, 0.05) is 11.6 Å². The normalized spacial score (nSPS) is 15.0. The van der Waals surface area contributed by atoms with Crippen molar-refractivity contribution in [1.29, 1.82) is 0 Å². The van der Waals surface area contributed by atoms with Crippen molar-refractivity contribution in [1.82, 2.24) is 0 Å². The number of hydrogen-bond acceptors (Lipinski definition) is 3. The standard InChI is InChI=1S/C16H11ClO3S/c1-20-13-6-9-4-2-3-5-10(9)11(8-15(18)19)12-7-14(17)21-16(12)13/h2-8H,1H3,(H,18,19)/b11-8-. The Labute approximate surface area is 130 Å². The Morgan fingerprint density at radius 2 is 2.10 bits per heavy atom. The summed E-state index contributed by atoms with van der Waals surface area (Å²) in [5.41, 5.74) is 3.19. The lowest BCUT2D eigenvalue weighted by Gasteiger charge is -2.08. The van der Waals surface area contributed by atoms with Crippen molar-refractivity contribution in [3.05, 3.63) is 62.3 Å². The number of carbonyl (C=O) groups is 1. The van der Waals surface area contributed by atoms with Crippen molar-refractivity contribution in [2.24, 2.45) is 0 Å². The molecule has 1 aliphatic rings. The number of rotatable bonds is 2. The summed E-state index contributed by atoms with van der Waals surface area (Å²) in [5, 5.41) is 9.18. The number of methoxy groups -OCH3 is 1. The van der Waals surface area contributed by atoms with E-state index in [0.29, 0.717) is 15.7 Å². The van der Waals surface area contributed by atoms with E-state index in [-0.39, 0.29) is 0 Å². The minimum atomic E-state index is -0.992. The number of thiophene rings is 1. The molecule has 1 aliphatic carbocycles. The summed E-state index contributed by atoms with van der Waals surface area (Å²) in [7, 11) is 1.59. The van der Waals surface area contributed by atoms with E-state index in [1.807, 2.05) is 30.3 Å². The second-order valence-electron chi connectivity index (χ2n) is 4.49. The van der Waals surface area contributed by atoms with E-state index in [1.165, 1.54) is 17.4 Å². The van der Waals surface area contributed by atoms with Gasteiger partial charge >= 0.3 is 5.97 Å². The molecule has 0 aliphatic heterocycles. The molecule has 106 valence electrons. The average molecular weight is 319 g/mol. The first-order valence-corrected chi connectivity index (χ1v) is 7.39. The third-order valence-electron chi connectivity index (χ3n) is 3.24. The molecule has 3 nitrogen and oxygen atoms in total. The summed E-state index contributed by atoms with van der Waals surface area (Å²) in [6.45, 7) is 0. The van der Waals surface area contributed by atoms with Crippen LogP contribution in [0.4, 0.5) is 0 Å². The Morgan fingerprint density at radius 1 is 1.33 bits per heavy atom. The van der Waals surface area contributed by atoms with Gasteiger partial charge in [0.2, 0.25) is 0 Å². The van der Waals surface area contributed by atoms with Gasteiger partial charge in [-0.2, -0.15) is 0 Å². The number of carboxylic acids is 1. The maximum Gasteiger partial charge on any atom is 0.328 e. The first kappa shape index (κ1) is 13.9. The highest BCUT2D eigenvalue weighted by Crippen LogP contribution is 2.43. The van der Waals surface area contributed by atoms with Crippen molar-refractivity contribution in [3.8, 4) is 0 Å². The number of ether oxygens (including phenoxy) is 1. The smallest absolute Gasteiger partial charge is 0.328 e. The van der Waals surface area contributed by atoms with Crippen molar-refractivity contribution in [3.63, 3.8) is 0 Å². The first-order chi connectivity index (χ1) is 10.1. The molecule has 0 saturated heterocycles. The molecular formula is C16H11ClO3S. The van der Waals surface area contributed by atoms with E-state index >= 15 is 0 Å². The van der Waals surface area contributed by atoms with Gasteiger partial charge in [-0.15, -0.1) is 11.3 Å². The third kappa shape index (κ3) is 2.48. The highest BCUT2D eigenvalue weighted by atomic mass is 35.5. The molecule has 1 aromatic carbocycles. The number of hydrogen-bond donors (Lipinski definition) is 1. The Bertz CT molecular complexity index is 787. The lowest BCUT2D eigenvalue weighted by atomic mass is 9.96. The van der Waals surface area contributed by atoms with Crippen LogP contribution in [0.5, 0.6) is 0 Å². The molecule has 0 spiro atoms. The van der Waals surface area contributed by atoms with Gasteiger partial charge in [-0.3, -0.25) is 0 Å². The average Bonchev–Trinajstić information content (AvgIpc) is 2.79. The molecule has 1 heterocycles. The lowest BCUT2D eigenvalue weighted by molar-refractivity contribution is -0.131. The van der Waals surface area contributed by atoms with Crippen LogP contribution < -0.4 is 0 Å². The predicted molar refractivity (Wildman–Crippen MR) is 85.4 cm³/mol. The topological polar surface area (TPSA) is 46.5 Å². The molecule has 21 heavy (non-hydrogen) atoms. The van der Waals surface area contributed by atoms with Gasteiger partial charge in [0.25, 0.3) is 0 Å². The van der Waals surface area contributed by atoms with Crippen LogP contribution in [0.25, 0.3) is 17.4 Å². The molecule has 0 atom stereocenters. The minimum absolute atomic E-state index is 0.596. The van der Waals surface area contributed by atoms with Crippen molar-refractivity contribution in [2.45, 2.75) is 0 Å². The van der Waals surface area contributed by atoms with E-state index in [1.54, 1.807) is 13.2 Å². The number of fused-ring (bicyclic) bond motifs is 2. The number of carboxylic acid groups (broad SMARTS) is 1. The molecule has 0 bridgehead atoms. The number of halogens is 1. The fraction of sp³-hybridized carbons (Fsp3) is 0.0625. The van der Waals surface area contributed by atoms with E-state index in [4.69, 9.17) is 16.3 Å². The van der Waals surface area contributed by atoms with Crippen molar-refractivity contribution < 1.29 is 14.6 Å². The lowest BCUT2D eigenvalue weighted by Crippen LogP contribution is -1.95. The summed E-state index contributed by atoms with van der Waals surface area (Å²) >= 11 is 7.49. The largest absolute Gasteiger partial charge is 0.495 e. The monoisotopic (exact) mass is 318 g/mol. The van der Waals surface area contributed by atoms with Crippen LogP contribution in [-0.2, 0) is 9.53 Å². The zero-order valence-corrected chi connectivity index (χ0v) is 12.7. The molecule has 1 N–H and O–H groups in total. The molecule has 0 fully saturated rings. The molecule has 0 amide bonds. The van der Waals surface area contributed by atoms with E-state index < -0.39 is 5.97 Å².